The van der Waals surface area contributed by atoms with Gasteiger partial charge in [-0.25, -0.2) is 0 Å². The number of hydrogen-bond donors (Lipinski definition) is 0. The van der Waals surface area contributed by atoms with Crippen molar-refractivity contribution in [1.29, 1.82) is 0 Å². The predicted molar refractivity (Wildman–Crippen MR) is 128 cm³/mol. The first-order valence-corrected chi connectivity index (χ1v) is 11.0. The van der Waals surface area contributed by atoms with E-state index in [0.717, 1.165) is 21.9 Å². The van der Waals surface area contributed by atoms with E-state index in [1.54, 1.807) is 55.6 Å². The van der Waals surface area contributed by atoms with Gasteiger partial charge in [0.1, 0.15) is 11.5 Å². The molecule has 0 unspecified atom stereocenters. The molecule has 0 amide bonds. The Balaban J connectivity index is 1.75. The minimum absolute atomic E-state index is 0.298. The highest BCUT2D eigenvalue weighted by atomic mass is 19.4. The first kappa shape index (κ1) is 22.1. The Bertz CT molecular complexity index is 1300. The van der Waals surface area contributed by atoms with Crippen LogP contribution in [0.4, 0.5) is 18.9 Å². The van der Waals surface area contributed by atoms with Gasteiger partial charge in [0.05, 0.1) is 20.3 Å². The molecule has 1 heterocycles. The molecular weight excluding hydrogens is 439 g/mol. The number of benzene rings is 4. The number of hydrogen-bond acceptors (Lipinski definition) is 3. The third-order valence-electron chi connectivity index (χ3n) is 6.56. The number of halogens is 3. The van der Waals surface area contributed by atoms with Gasteiger partial charge in [-0.05, 0) is 70.3 Å². The molecule has 0 bridgehead atoms. The lowest BCUT2D eigenvalue weighted by Crippen LogP contribution is -2.45. The highest BCUT2D eigenvalue weighted by molar-refractivity contribution is 5.88. The van der Waals surface area contributed by atoms with Crippen molar-refractivity contribution in [3.8, 4) is 11.5 Å². The van der Waals surface area contributed by atoms with Crippen LogP contribution in [0.1, 0.15) is 28.8 Å². The summed E-state index contributed by atoms with van der Waals surface area (Å²) in [5.41, 5.74) is 2.32. The Kier molecular flexibility index (Phi) is 5.60. The third kappa shape index (κ3) is 3.83. The Morgan fingerprint density at radius 3 is 2.00 bits per heavy atom. The molecule has 0 saturated heterocycles. The maximum Gasteiger partial charge on any atom is 0.413 e. The monoisotopic (exact) mass is 463 g/mol. The third-order valence-corrected chi connectivity index (χ3v) is 6.56. The second-order valence-corrected chi connectivity index (χ2v) is 8.40. The molecule has 1 aliphatic rings. The summed E-state index contributed by atoms with van der Waals surface area (Å²) < 4.78 is 55.0. The second kappa shape index (κ2) is 8.60. The van der Waals surface area contributed by atoms with Crippen molar-refractivity contribution in [3.63, 3.8) is 0 Å². The van der Waals surface area contributed by atoms with Crippen LogP contribution in [0, 0.1) is 0 Å². The maximum atomic E-state index is 14.8. The smallest absolute Gasteiger partial charge is 0.413 e. The second-order valence-electron chi connectivity index (χ2n) is 8.40. The van der Waals surface area contributed by atoms with E-state index in [1.165, 1.54) is 12.0 Å². The van der Waals surface area contributed by atoms with Crippen molar-refractivity contribution in [2.75, 3.05) is 19.1 Å². The molecular formula is C28H24F3NO2. The van der Waals surface area contributed by atoms with Gasteiger partial charge in [0, 0.05) is 5.69 Å². The normalized spacial score (nSPS) is 18.0. The average Bonchev–Trinajstić information content (AvgIpc) is 2.87. The van der Waals surface area contributed by atoms with E-state index in [0.29, 0.717) is 29.2 Å². The van der Waals surface area contributed by atoms with Gasteiger partial charge in [-0.15, -0.1) is 0 Å². The maximum absolute atomic E-state index is 14.8. The zero-order valence-corrected chi connectivity index (χ0v) is 18.8. The molecule has 0 N–H and O–H groups in total. The SMILES string of the molecule is COc1ccc([C@H]2Cc3c(ccc4ccccc34)[C@@H](C(F)(F)F)N2c2ccc(OC)cc2)cc1. The standard InChI is InChI=1S/C28H24F3NO2/c1-33-21-12-7-19(8-13-21)26-17-25-23-6-4-3-5-18(23)9-16-24(25)27(28(29,30)31)32(26)20-10-14-22(34-2)15-11-20/h3-16,26-27H,17H2,1-2H3/t26-,27+/m1/s1. The minimum atomic E-state index is -4.48. The number of nitrogens with zero attached hydrogens (tertiary/aromatic N) is 1. The zero-order valence-electron chi connectivity index (χ0n) is 18.8. The molecule has 0 saturated carbocycles. The molecule has 4 aromatic carbocycles. The number of ether oxygens (including phenoxy) is 2. The molecule has 0 aromatic heterocycles. The molecule has 3 nitrogen and oxygen atoms in total. The van der Waals surface area contributed by atoms with Gasteiger partial charge in [0.25, 0.3) is 0 Å². The van der Waals surface area contributed by atoms with Crippen LogP contribution >= 0.6 is 0 Å². The van der Waals surface area contributed by atoms with Crippen molar-refractivity contribution in [2.45, 2.75) is 24.7 Å². The Hall–Kier alpha value is -3.67. The van der Waals surface area contributed by atoms with E-state index in [1.807, 2.05) is 36.4 Å². The van der Waals surface area contributed by atoms with Crippen molar-refractivity contribution in [2.24, 2.45) is 0 Å². The van der Waals surface area contributed by atoms with Gasteiger partial charge in [-0.3, -0.25) is 0 Å². The molecule has 0 radical (unpaired) electrons. The summed E-state index contributed by atoms with van der Waals surface area (Å²) in [6.45, 7) is 0. The van der Waals surface area contributed by atoms with Crippen LogP contribution in [0.5, 0.6) is 11.5 Å². The van der Waals surface area contributed by atoms with Crippen molar-refractivity contribution in [3.05, 3.63) is 102 Å². The molecule has 1 aliphatic heterocycles. The van der Waals surface area contributed by atoms with Crippen LogP contribution in [-0.4, -0.2) is 20.4 Å². The zero-order chi connectivity index (χ0) is 23.9. The molecule has 174 valence electrons. The number of anilines is 1. The topological polar surface area (TPSA) is 21.7 Å². The lowest BCUT2D eigenvalue weighted by atomic mass is 9.82. The summed E-state index contributed by atoms with van der Waals surface area (Å²) in [4.78, 5) is 1.50. The van der Waals surface area contributed by atoms with E-state index < -0.39 is 18.3 Å². The molecule has 0 spiro atoms. The number of fused-ring (bicyclic) bond motifs is 3. The van der Waals surface area contributed by atoms with Crippen LogP contribution in [0.15, 0.2) is 84.9 Å². The van der Waals surface area contributed by atoms with Gasteiger partial charge >= 0.3 is 6.18 Å². The summed E-state index contributed by atoms with van der Waals surface area (Å²) >= 11 is 0. The van der Waals surface area contributed by atoms with Crippen molar-refractivity contribution >= 4 is 16.5 Å². The number of rotatable bonds is 4. The highest BCUT2D eigenvalue weighted by Gasteiger charge is 2.50. The fourth-order valence-corrected chi connectivity index (χ4v) is 4.98. The molecule has 2 atom stereocenters. The quantitative estimate of drug-likeness (QED) is 0.318. The Morgan fingerprint density at radius 1 is 0.765 bits per heavy atom. The Labute approximate surface area is 196 Å². The average molecular weight is 463 g/mol. The number of methoxy groups -OCH3 is 2. The highest BCUT2D eigenvalue weighted by Crippen LogP contribution is 2.51. The van der Waals surface area contributed by atoms with Crippen LogP contribution < -0.4 is 14.4 Å². The molecule has 6 heteroatoms. The summed E-state index contributed by atoms with van der Waals surface area (Å²) in [5.74, 6) is 1.26. The summed E-state index contributed by atoms with van der Waals surface area (Å²) in [6.07, 6.45) is -4.04. The van der Waals surface area contributed by atoms with E-state index >= 15 is 0 Å². The fraction of sp³-hybridized carbons (Fsp3) is 0.214. The summed E-state index contributed by atoms with van der Waals surface area (Å²) in [7, 11) is 3.11. The van der Waals surface area contributed by atoms with Gasteiger partial charge in [0.15, 0.2) is 6.04 Å². The van der Waals surface area contributed by atoms with Gasteiger partial charge in [-0.2, -0.15) is 13.2 Å². The van der Waals surface area contributed by atoms with Gasteiger partial charge < -0.3 is 14.4 Å². The van der Waals surface area contributed by atoms with E-state index in [4.69, 9.17) is 9.47 Å². The minimum Gasteiger partial charge on any atom is -0.497 e. The van der Waals surface area contributed by atoms with Crippen LogP contribution in [-0.2, 0) is 6.42 Å². The van der Waals surface area contributed by atoms with Crippen LogP contribution in [0.2, 0.25) is 0 Å². The van der Waals surface area contributed by atoms with Crippen LogP contribution in [0.25, 0.3) is 10.8 Å². The van der Waals surface area contributed by atoms with Crippen LogP contribution in [0.3, 0.4) is 0 Å². The first-order chi connectivity index (χ1) is 16.4. The molecule has 0 aliphatic carbocycles. The summed E-state index contributed by atoms with van der Waals surface area (Å²) in [6, 6.07) is 22.8. The predicted octanol–water partition coefficient (Wildman–Crippen LogP) is 7.26. The largest absolute Gasteiger partial charge is 0.497 e. The molecule has 5 rings (SSSR count). The fourth-order valence-electron chi connectivity index (χ4n) is 4.98. The van der Waals surface area contributed by atoms with E-state index in [2.05, 4.69) is 0 Å². The Morgan fingerprint density at radius 2 is 1.38 bits per heavy atom. The van der Waals surface area contributed by atoms with Gasteiger partial charge in [-0.1, -0.05) is 48.5 Å². The first-order valence-electron chi connectivity index (χ1n) is 11.0. The van der Waals surface area contributed by atoms with Crippen molar-refractivity contribution < 1.29 is 22.6 Å². The van der Waals surface area contributed by atoms with Gasteiger partial charge in [0.2, 0.25) is 0 Å². The van der Waals surface area contributed by atoms with Crippen molar-refractivity contribution in [1.82, 2.24) is 0 Å². The molecule has 34 heavy (non-hydrogen) atoms. The number of alkyl halides is 3. The molecule has 4 aromatic rings. The lowest BCUT2D eigenvalue weighted by Gasteiger charge is -2.46. The van der Waals surface area contributed by atoms with E-state index in [9.17, 15) is 13.2 Å². The summed E-state index contributed by atoms with van der Waals surface area (Å²) in [5, 5.41) is 1.80. The molecule has 0 fully saturated rings. The lowest BCUT2D eigenvalue weighted by molar-refractivity contribution is -0.153. The van der Waals surface area contributed by atoms with E-state index in [-0.39, 0.29) is 0 Å².